The van der Waals surface area contributed by atoms with Crippen LogP contribution in [0, 0.1) is 11.3 Å². The summed E-state index contributed by atoms with van der Waals surface area (Å²) in [5, 5.41) is 8.60. The van der Waals surface area contributed by atoms with Gasteiger partial charge in [0.25, 0.3) is 10.1 Å². The van der Waals surface area contributed by atoms with E-state index in [9.17, 15) is 8.42 Å². The molecule has 5 heteroatoms. The van der Waals surface area contributed by atoms with Gasteiger partial charge in [-0.15, -0.1) is 0 Å². The molecule has 0 radical (unpaired) electrons. The third kappa shape index (κ3) is 3.05. The molecule has 0 heterocycles. The standard InChI is InChI=1S/C10H11NO3S/c1-2-9(8-11)14-15(12,13)10-6-4-3-5-7-10/h3-7,9H,2H2,1H3. The molecular formula is C10H11NO3S. The third-order valence-electron chi connectivity index (χ3n) is 1.79. The van der Waals surface area contributed by atoms with E-state index < -0.39 is 16.2 Å². The van der Waals surface area contributed by atoms with Gasteiger partial charge in [-0.25, -0.2) is 4.18 Å². The Balaban J connectivity index is 2.91. The Hall–Kier alpha value is -1.38. The first kappa shape index (κ1) is 11.7. The zero-order valence-electron chi connectivity index (χ0n) is 8.25. The van der Waals surface area contributed by atoms with E-state index in [4.69, 9.17) is 9.44 Å². The van der Waals surface area contributed by atoms with Gasteiger partial charge in [0.1, 0.15) is 0 Å². The third-order valence-corrected chi connectivity index (χ3v) is 3.12. The molecule has 0 saturated carbocycles. The first-order chi connectivity index (χ1) is 7.10. The minimum absolute atomic E-state index is 0.0682. The number of nitriles is 1. The molecular weight excluding hydrogens is 214 g/mol. The number of nitrogens with zero attached hydrogens (tertiary/aromatic N) is 1. The Morgan fingerprint density at radius 3 is 2.47 bits per heavy atom. The monoisotopic (exact) mass is 225 g/mol. The molecule has 0 amide bonds. The fraction of sp³-hybridized carbons (Fsp3) is 0.300. The van der Waals surface area contributed by atoms with Crippen LogP contribution in [0.2, 0.25) is 0 Å². The van der Waals surface area contributed by atoms with Crippen molar-refractivity contribution < 1.29 is 12.6 Å². The van der Waals surface area contributed by atoms with E-state index in [1.54, 1.807) is 31.2 Å². The van der Waals surface area contributed by atoms with Crippen LogP contribution >= 0.6 is 0 Å². The Morgan fingerprint density at radius 1 is 1.40 bits per heavy atom. The zero-order valence-corrected chi connectivity index (χ0v) is 9.07. The van der Waals surface area contributed by atoms with Gasteiger partial charge in [0, 0.05) is 0 Å². The number of hydrogen-bond acceptors (Lipinski definition) is 4. The lowest BCUT2D eigenvalue weighted by molar-refractivity contribution is 0.257. The SMILES string of the molecule is CCC(C#N)OS(=O)(=O)c1ccccc1. The summed E-state index contributed by atoms with van der Waals surface area (Å²) in [4.78, 5) is 0.0682. The maximum Gasteiger partial charge on any atom is 0.298 e. The van der Waals surface area contributed by atoms with Crippen molar-refractivity contribution in [1.82, 2.24) is 0 Å². The van der Waals surface area contributed by atoms with Crippen LogP contribution < -0.4 is 0 Å². The van der Waals surface area contributed by atoms with Crippen molar-refractivity contribution in [2.75, 3.05) is 0 Å². The molecule has 1 aromatic carbocycles. The van der Waals surface area contributed by atoms with Crippen molar-refractivity contribution in [3.05, 3.63) is 30.3 Å². The Kier molecular flexibility index (Phi) is 3.83. The maximum atomic E-state index is 11.6. The molecule has 1 rings (SSSR count). The molecule has 0 aliphatic heterocycles. The van der Waals surface area contributed by atoms with Crippen molar-refractivity contribution in [1.29, 1.82) is 5.26 Å². The minimum Gasteiger partial charge on any atom is -0.248 e. The summed E-state index contributed by atoms with van der Waals surface area (Å²) in [7, 11) is -3.81. The molecule has 1 aromatic rings. The van der Waals surface area contributed by atoms with Gasteiger partial charge in [0.05, 0.1) is 11.0 Å². The fourth-order valence-corrected chi connectivity index (χ4v) is 2.06. The quantitative estimate of drug-likeness (QED) is 0.731. The lowest BCUT2D eigenvalue weighted by Gasteiger charge is -2.08. The van der Waals surface area contributed by atoms with Crippen molar-refractivity contribution in [3.8, 4) is 6.07 Å². The molecule has 1 atom stereocenters. The number of rotatable bonds is 4. The van der Waals surface area contributed by atoms with Gasteiger partial charge >= 0.3 is 0 Å². The summed E-state index contributed by atoms with van der Waals surface area (Å²) in [6.45, 7) is 1.69. The molecule has 1 unspecified atom stereocenters. The summed E-state index contributed by atoms with van der Waals surface area (Å²) >= 11 is 0. The fourth-order valence-electron chi connectivity index (χ4n) is 0.976. The summed E-state index contributed by atoms with van der Waals surface area (Å²) in [5.74, 6) is 0. The van der Waals surface area contributed by atoms with Crippen molar-refractivity contribution in [3.63, 3.8) is 0 Å². The van der Waals surface area contributed by atoms with E-state index in [-0.39, 0.29) is 4.90 Å². The Labute approximate surface area is 89.2 Å². The summed E-state index contributed by atoms with van der Waals surface area (Å²) in [6.07, 6.45) is -0.585. The van der Waals surface area contributed by atoms with Gasteiger partial charge < -0.3 is 0 Å². The molecule has 0 aromatic heterocycles. The molecule has 80 valence electrons. The molecule has 0 bridgehead atoms. The molecule has 0 spiro atoms. The smallest absolute Gasteiger partial charge is 0.248 e. The van der Waals surface area contributed by atoms with E-state index in [1.165, 1.54) is 12.1 Å². The van der Waals surface area contributed by atoms with E-state index >= 15 is 0 Å². The molecule has 0 aliphatic rings. The predicted molar refractivity (Wildman–Crippen MR) is 54.4 cm³/mol. The molecule has 0 fully saturated rings. The number of benzene rings is 1. The van der Waals surface area contributed by atoms with Crippen LogP contribution in [0.1, 0.15) is 13.3 Å². The lowest BCUT2D eigenvalue weighted by Crippen LogP contribution is -2.16. The van der Waals surface area contributed by atoms with E-state index in [0.717, 1.165) is 0 Å². The Morgan fingerprint density at radius 2 is 2.00 bits per heavy atom. The van der Waals surface area contributed by atoms with E-state index in [2.05, 4.69) is 0 Å². The van der Waals surface area contributed by atoms with Crippen molar-refractivity contribution in [2.45, 2.75) is 24.3 Å². The van der Waals surface area contributed by atoms with Crippen LogP contribution in [0.3, 0.4) is 0 Å². The van der Waals surface area contributed by atoms with Crippen LogP contribution in [0.25, 0.3) is 0 Å². The van der Waals surface area contributed by atoms with Crippen LogP contribution in [0.5, 0.6) is 0 Å². The average Bonchev–Trinajstić information content (AvgIpc) is 2.27. The highest BCUT2D eigenvalue weighted by atomic mass is 32.2. The first-order valence-electron chi connectivity index (χ1n) is 4.48. The van der Waals surface area contributed by atoms with Crippen LogP contribution in [0.15, 0.2) is 35.2 Å². The number of hydrogen-bond donors (Lipinski definition) is 0. The topological polar surface area (TPSA) is 67.2 Å². The van der Waals surface area contributed by atoms with Gasteiger partial charge in [-0.2, -0.15) is 13.7 Å². The molecule has 0 aliphatic carbocycles. The zero-order chi connectivity index (χ0) is 11.3. The lowest BCUT2D eigenvalue weighted by atomic mass is 10.3. The largest absolute Gasteiger partial charge is 0.298 e. The van der Waals surface area contributed by atoms with Gasteiger partial charge in [-0.3, -0.25) is 0 Å². The van der Waals surface area contributed by atoms with Crippen LogP contribution in [-0.4, -0.2) is 14.5 Å². The maximum absolute atomic E-state index is 11.6. The highest BCUT2D eigenvalue weighted by Gasteiger charge is 2.19. The second-order valence-corrected chi connectivity index (χ2v) is 4.46. The summed E-state index contributed by atoms with van der Waals surface area (Å²) in [6, 6.07) is 9.55. The Bertz CT molecular complexity index is 447. The van der Waals surface area contributed by atoms with E-state index in [0.29, 0.717) is 6.42 Å². The summed E-state index contributed by atoms with van der Waals surface area (Å²) in [5.41, 5.74) is 0. The van der Waals surface area contributed by atoms with Gasteiger partial charge in [-0.1, -0.05) is 25.1 Å². The highest BCUT2D eigenvalue weighted by Crippen LogP contribution is 2.14. The molecule has 0 saturated heterocycles. The minimum atomic E-state index is -3.81. The molecule has 15 heavy (non-hydrogen) atoms. The van der Waals surface area contributed by atoms with Gasteiger partial charge in [0.2, 0.25) is 0 Å². The van der Waals surface area contributed by atoms with E-state index in [1.807, 2.05) is 0 Å². The normalized spacial score (nSPS) is 13.1. The predicted octanol–water partition coefficient (Wildman–Crippen LogP) is 1.69. The van der Waals surface area contributed by atoms with Crippen LogP contribution in [0.4, 0.5) is 0 Å². The molecule has 0 N–H and O–H groups in total. The van der Waals surface area contributed by atoms with Crippen molar-refractivity contribution in [2.24, 2.45) is 0 Å². The van der Waals surface area contributed by atoms with Crippen molar-refractivity contribution >= 4 is 10.1 Å². The van der Waals surface area contributed by atoms with Gasteiger partial charge in [-0.05, 0) is 18.6 Å². The first-order valence-corrected chi connectivity index (χ1v) is 5.89. The average molecular weight is 225 g/mol. The highest BCUT2D eigenvalue weighted by molar-refractivity contribution is 7.86. The van der Waals surface area contributed by atoms with Crippen LogP contribution in [-0.2, 0) is 14.3 Å². The van der Waals surface area contributed by atoms with Gasteiger partial charge in [0.15, 0.2) is 6.10 Å². The summed E-state index contributed by atoms with van der Waals surface area (Å²) < 4.78 is 27.9. The second-order valence-electron chi connectivity index (χ2n) is 2.89. The second kappa shape index (κ2) is 4.91. The molecule has 4 nitrogen and oxygen atoms in total.